The lowest BCUT2D eigenvalue weighted by Gasteiger charge is -2.26. The molecule has 1 amide bonds. The average Bonchev–Trinajstić information content (AvgIpc) is 2.88. The third-order valence-corrected chi connectivity index (χ3v) is 3.97. The van der Waals surface area contributed by atoms with Gasteiger partial charge < -0.3 is 15.8 Å². The van der Waals surface area contributed by atoms with Gasteiger partial charge >= 0.3 is 0 Å². The van der Waals surface area contributed by atoms with Crippen molar-refractivity contribution in [2.45, 2.75) is 50.6 Å². The third-order valence-electron chi connectivity index (χ3n) is 3.97. The van der Waals surface area contributed by atoms with Gasteiger partial charge in [0.25, 0.3) is 0 Å². The van der Waals surface area contributed by atoms with Crippen molar-refractivity contribution in [2.75, 3.05) is 13.2 Å². The number of carbonyl (C=O) groups is 1. The van der Waals surface area contributed by atoms with E-state index in [0.29, 0.717) is 25.6 Å². The third kappa shape index (κ3) is 2.38. The zero-order chi connectivity index (χ0) is 11.6. The standard InChI is InChI=1S/C12H22N2O2/c1-9(10-4-2-3-5-10)14-11(15)12(13)6-7-16-8-12/h9-10H,2-8,13H2,1H3,(H,14,15)/t9-,12?/m0/s1. The van der Waals surface area contributed by atoms with Crippen LogP contribution in [-0.2, 0) is 9.53 Å². The van der Waals surface area contributed by atoms with E-state index in [9.17, 15) is 4.79 Å². The maximum atomic E-state index is 12.0. The highest BCUT2D eigenvalue weighted by Gasteiger charge is 2.39. The minimum Gasteiger partial charge on any atom is -0.379 e. The van der Waals surface area contributed by atoms with Crippen LogP contribution in [0.15, 0.2) is 0 Å². The maximum Gasteiger partial charge on any atom is 0.242 e. The van der Waals surface area contributed by atoms with Crippen molar-refractivity contribution in [1.29, 1.82) is 0 Å². The van der Waals surface area contributed by atoms with Crippen LogP contribution in [0.4, 0.5) is 0 Å². The van der Waals surface area contributed by atoms with Gasteiger partial charge in [-0.1, -0.05) is 12.8 Å². The molecule has 2 fully saturated rings. The predicted molar refractivity (Wildman–Crippen MR) is 61.9 cm³/mol. The fourth-order valence-corrected chi connectivity index (χ4v) is 2.69. The van der Waals surface area contributed by atoms with Gasteiger partial charge in [0.2, 0.25) is 5.91 Å². The second kappa shape index (κ2) is 4.72. The molecule has 0 aromatic heterocycles. The molecular formula is C12H22N2O2. The van der Waals surface area contributed by atoms with Crippen LogP contribution in [0.5, 0.6) is 0 Å². The van der Waals surface area contributed by atoms with Crippen LogP contribution in [0.2, 0.25) is 0 Å². The first-order chi connectivity index (χ1) is 7.62. The summed E-state index contributed by atoms with van der Waals surface area (Å²) in [5.41, 5.74) is 5.23. The van der Waals surface area contributed by atoms with Crippen molar-refractivity contribution in [2.24, 2.45) is 11.7 Å². The first-order valence-corrected chi connectivity index (χ1v) is 6.29. The van der Waals surface area contributed by atoms with E-state index < -0.39 is 5.54 Å². The molecule has 1 saturated carbocycles. The first-order valence-electron chi connectivity index (χ1n) is 6.29. The number of hydrogen-bond donors (Lipinski definition) is 2. The van der Waals surface area contributed by atoms with Gasteiger partial charge in [-0.3, -0.25) is 4.79 Å². The molecule has 0 aromatic rings. The van der Waals surface area contributed by atoms with E-state index in [2.05, 4.69) is 12.2 Å². The van der Waals surface area contributed by atoms with Gasteiger partial charge in [0, 0.05) is 12.6 Å². The van der Waals surface area contributed by atoms with Gasteiger partial charge in [-0.25, -0.2) is 0 Å². The van der Waals surface area contributed by atoms with Crippen molar-refractivity contribution in [3.63, 3.8) is 0 Å². The summed E-state index contributed by atoms with van der Waals surface area (Å²) in [6, 6.07) is 0.246. The molecule has 0 aromatic carbocycles. The molecule has 4 nitrogen and oxygen atoms in total. The van der Waals surface area contributed by atoms with Gasteiger partial charge in [0.05, 0.1) is 6.61 Å². The molecule has 1 aliphatic heterocycles. The lowest BCUT2D eigenvalue weighted by atomic mass is 9.95. The largest absolute Gasteiger partial charge is 0.379 e. The Morgan fingerprint density at radius 2 is 2.19 bits per heavy atom. The molecule has 1 heterocycles. The van der Waals surface area contributed by atoms with Crippen LogP contribution >= 0.6 is 0 Å². The monoisotopic (exact) mass is 226 g/mol. The van der Waals surface area contributed by atoms with E-state index in [0.717, 1.165) is 0 Å². The quantitative estimate of drug-likeness (QED) is 0.748. The summed E-state index contributed by atoms with van der Waals surface area (Å²) in [6.07, 6.45) is 5.69. The number of hydrogen-bond acceptors (Lipinski definition) is 3. The zero-order valence-electron chi connectivity index (χ0n) is 10.00. The van der Waals surface area contributed by atoms with Gasteiger partial charge in [0.1, 0.15) is 5.54 Å². The summed E-state index contributed by atoms with van der Waals surface area (Å²) in [6.45, 7) is 3.05. The molecule has 1 aliphatic carbocycles. The predicted octanol–water partition coefficient (Wildman–Crippen LogP) is 0.799. The van der Waals surface area contributed by atoms with Crippen molar-refractivity contribution < 1.29 is 9.53 Å². The SMILES string of the molecule is C[C@H](NC(=O)C1(N)CCOC1)C1CCCC1. The first kappa shape index (κ1) is 11.9. The number of carbonyl (C=O) groups excluding carboxylic acids is 1. The zero-order valence-corrected chi connectivity index (χ0v) is 10.00. The normalized spacial score (nSPS) is 32.9. The Morgan fingerprint density at radius 1 is 1.50 bits per heavy atom. The number of nitrogens with two attached hydrogens (primary N) is 1. The van der Waals surface area contributed by atoms with E-state index in [1.165, 1.54) is 25.7 Å². The number of rotatable bonds is 3. The van der Waals surface area contributed by atoms with E-state index in [-0.39, 0.29) is 11.9 Å². The molecule has 0 radical (unpaired) electrons. The van der Waals surface area contributed by atoms with Crippen LogP contribution in [-0.4, -0.2) is 30.7 Å². The van der Waals surface area contributed by atoms with Gasteiger partial charge in [-0.05, 0) is 32.1 Å². The van der Waals surface area contributed by atoms with Crippen molar-refractivity contribution in [3.8, 4) is 0 Å². The highest BCUT2D eigenvalue weighted by Crippen LogP contribution is 2.28. The number of nitrogens with one attached hydrogen (secondary N) is 1. The van der Waals surface area contributed by atoms with Crippen LogP contribution in [0.3, 0.4) is 0 Å². The van der Waals surface area contributed by atoms with E-state index in [1.54, 1.807) is 0 Å². The Hall–Kier alpha value is -0.610. The molecule has 16 heavy (non-hydrogen) atoms. The van der Waals surface area contributed by atoms with E-state index in [4.69, 9.17) is 10.5 Å². The van der Waals surface area contributed by atoms with Crippen LogP contribution in [0.25, 0.3) is 0 Å². The molecule has 0 spiro atoms. The highest BCUT2D eigenvalue weighted by atomic mass is 16.5. The molecule has 2 aliphatic rings. The highest BCUT2D eigenvalue weighted by molar-refractivity contribution is 5.86. The Morgan fingerprint density at radius 3 is 2.75 bits per heavy atom. The smallest absolute Gasteiger partial charge is 0.242 e. The van der Waals surface area contributed by atoms with Crippen molar-refractivity contribution in [1.82, 2.24) is 5.32 Å². The average molecular weight is 226 g/mol. The second-order valence-electron chi connectivity index (χ2n) is 5.27. The number of amides is 1. The molecule has 3 N–H and O–H groups in total. The lowest BCUT2D eigenvalue weighted by molar-refractivity contribution is -0.127. The van der Waals surface area contributed by atoms with E-state index in [1.807, 2.05) is 0 Å². The topological polar surface area (TPSA) is 64.4 Å². The summed E-state index contributed by atoms with van der Waals surface area (Å²) in [4.78, 5) is 12.0. The maximum absolute atomic E-state index is 12.0. The van der Waals surface area contributed by atoms with Gasteiger partial charge in [-0.2, -0.15) is 0 Å². The van der Waals surface area contributed by atoms with Crippen LogP contribution < -0.4 is 11.1 Å². The van der Waals surface area contributed by atoms with Crippen molar-refractivity contribution in [3.05, 3.63) is 0 Å². The molecule has 1 unspecified atom stereocenters. The van der Waals surface area contributed by atoms with Crippen molar-refractivity contribution >= 4 is 5.91 Å². The summed E-state index contributed by atoms with van der Waals surface area (Å²) in [7, 11) is 0. The lowest BCUT2D eigenvalue weighted by Crippen LogP contribution is -2.57. The second-order valence-corrected chi connectivity index (χ2v) is 5.27. The minimum atomic E-state index is -0.785. The summed E-state index contributed by atoms with van der Waals surface area (Å²) in [5.74, 6) is 0.597. The Labute approximate surface area is 96.9 Å². The summed E-state index contributed by atoms with van der Waals surface area (Å²) < 4.78 is 5.20. The summed E-state index contributed by atoms with van der Waals surface area (Å²) >= 11 is 0. The fraction of sp³-hybridized carbons (Fsp3) is 0.917. The van der Waals surface area contributed by atoms with Crippen LogP contribution in [0.1, 0.15) is 39.0 Å². The minimum absolute atomic E-state index is 0.0376. The Bertz CT molecular complexity index is 256. The van der Waals surface area contributed by atoms with E-state index >= 15 is 0 Å². The molecular weight excluding hydrogens is 204 g/mol. The van der Waals surface area contributed by atoms with Gasteiger partial charge in [0.15, 0.2) is 0 Å². The summed E-state index contributed by atoms with van der Waals surface area (Å²) in [5, 5.41) is 3.06. The number of ether oxygens (including phenoxy) is 1. The molecule has 1 saturated heterocycles. The Balaban J connectivity index is 1.86. The molecule has 4 heteroatoms. The molecule has 0 bridgehead atoms. The molecule has 2 rings (SSSR count). The van der Waals surface area contributed by atoms with Gasteiger partial charge in [-0.15, -0.1) is 0 Å². The Kier molecular flexibility index (Phi) is 3.50. The fourth-order valence-electron chi connectivity index (χ4n) is 2.69. The molecule has 2 atom stereocenters. The van der Waals surface area contributed by atoms with Crippen LogP contribution in [0, 0.1) is 5.92 Å². The molecule has 92 valence electrons.